The Morgan fingerprint density at radius 3 is 1.59 bits per heavy atom. The van der Waals surface area contributed by atoms with Gasteiger partial charge in [0.05, 0.1) is 0 Å². The topological polar surface area (TPSA) is 0 Å². The van der Waals surface area contributed by atoms with E-state index in [1.165, 1.54) is 77.0 Å². The molecular weight excluding hydrogens is 204 g/mol. The third-order valence-corrected chi connectivity index (χ3v) is 3.24. The Kier molecular flexibility index (Phi) is 15.5. The van der Waals surface area contributed by atoms with Gasteiger partial charge in [0.2, 0.25) is 0 Å². The lowest BCUT2D eigenvalue weighted by Crippen LogP contribution is -1.81. The lowest BCUT2D eigenvalue weighted by molar-refractivity contribution is 0.568. The van der Waals surface area contributed by atoms with E-state index in [0.717, 1.165) is 0 Å². The minimum Gasteiger partial charge on any atom is -0.0885 e. The van der Waals surface area contributed by atoms with E-state index in [4.69, 9.17) is 0 Å². The van der Waals surface area contributed by atoms with Crippen LogP contribution in [0.5, 0.6) is 0 Å². The average molecular weight is 237 g/mol. The molecule has 0 amide bonds. The van der Waals surface area contributed by atoms with Crippen molar-refractivity contribution in [2.45, 2.75) is 90.9 Å². The fraction of sp³-hybridized carbons (Fsp3) is 0.824. The van der Waals surface area contributed by atoms with Gasteiger partial charge in [-0.15, -0.1) is 0 Å². The SMILES string of the molecule is C[CH]CCCCCCCCCC/C=C/CCC. The second-order valence-corrected chi connectivity index (χ2v) is 5.07. The monoisotopic (exact) mass is 237 g/mol. The van der Waals surface area contributed by atoms with Crippen molar-refractivity contribution in [2.24, 2.45) is 0 Å². The van der Waals surface area contributed by atoms with E-state index in [1.807, 2.05) is 0 Å². The van der Waals surface area contributed by atoms with Crippen LogP contribution < -0.4 is 0 Å². The van der Waals surface area contributed by atoms with Gasteiger partial charge in [0.15, 0.2) is 0 Å². The van der Waals surface area contributed by atoms with Crippen LogP contribution in [0.1, 0.15) is 90.9 Å². The minimum absolute atomic E-state index is 1.26. The van der Waals surface area contributed by atoms with Crippen LogP contribution >= 0.6 is 0 Å². The summed E-state index contributed by atoms with van der Waals surface area (Å²) in [4.78, 5) is 0. The molecule has 0 aliphatic carbocycles. The lowest BCUT2D eigenvalue weighted by Gasteiger charge is -2.01. The third kappa shape index (κ3) is 15.7. The van der Waals surface area contributed by atoms with E-state index in [1.54, 1.807) is 0 Å². The van der Waals surface area contributed by atoms with E-state index in [0.29, 0.717) is 0 Å². The lowest BCUT2D eigenvalue weighted by atomic mass is 10.1. The molecule has 0 heteroatoms. The Labute approximate surface area is 110 Å². The molecule has 0 N–H and O–H groups in total. The quantitative estimate of drug-likeness (QED) is 0.254. The molecule has 0 fully saturated rings. The Morgan fingerprint density at radius 1 is 0.588 bits per heavy atom. The van der Waals surface area contributed by atoms with Crippen LogP contribution in [-0.2, 0) is 0 Å². The summed E-state index contributed by atoms with van der Waals surface area (Å²) in [5.74, 6) is 0. The smallest absolute Gasteiger partial charge is 0.0351 e. The molecule has 0 spiro atoms. The molecule has 0 saturated heterocycles. The molecule has 0 saturated carbocycles. The average Bonchev–Trinajstić information content (AvgIpc) is 2.35. The van der Waals surface area contributed by atoms with E-state index in [9.17, 15) is 0 Å². The van der Waals surface area contributed by atoms with Crippen LogP contribution in [-0.4, -0.2) is 0 Å². The summed E-state index contributed by atoms with van der Waals surface area (Å²) in [6.45, 7) is 4.40. The zero-order valence-corrected chi connectivity index (χ0v) is 12.2. The van der Waals surface area contributed by atoms with Crippen LogP contribution in [0.2, 0.25) is 0 Å². The number of rotatable bonds is 13. The summed E-state index contributed by atoms with van der Waals surface area (Å²) in [5, 5.41) is 0. The van der Waals surface area contributed by atoms with Gasteiger partial charge in [0.1, 0.15) is 0 Å². The first-order valence-corrected chi connectivity index (χ1v) is 7.84. The fourth-order valence-corrected chi connectivity index (χ4v) is 2.07. The second kappa shape index (κ2) is 15.7. The standard InChI is InChI=1S/C17H33/c1-3-5-7-9-11-13-15-17-16-14-12-10-8-6-4-2/h3,8,10H,4-7,9,11-17H2,1-2H3/b10-8+. The highest BCUT2D eigenvalue weighted by Gasteiger charge is 1.91. The van der Waals surface area contributed by atoms with Gasteiger partial charge in [0, 0.05) is 0 Å². The largest absolute Gasteiger partial charge is 0.0885 e. The van der Waals surface area contributed by atoms with E-state index in [2.05, 4.69) is 32.4 Å². The van der Waals surface area contributed by atoms with Crippen LogP contribution in [0.25, 0.3) is 0 Å². The highest BCUT2D eigenvalue weighted by Crippen LogP contribution is 2.11. The predicted octanol–water partition coefficient (Wildman–Crippen LogP) is 6.47. The van der Waals surface area contributed by atoms with Gasteiger partial charge in [-0.1, -0.05) is 83.8 Å². The zero-order valence-electron chi connectivity index (χ0n) is 12.2. The first-order chi connectivity index (χ1) is 8.41. The van der Waals surface area contributed by atoms with Crippen molar-refractivity contribution < 1.29 is 0 Å². The van der Waals surface area contributed by atoms with Gasteiger partial charge in [0.25, 0.3) is 0 Å². The summed E-state index contributed by atoms with van der Waals surface area (Å²) >= 11 is 0. The Morgan fingerprint density at radius 2 is 1.06 bits per heavy atom. The Hall–Kier alpha value is -0.260. The maximum atomic E-state index is 2.37. The molecule has 0 aliphatic heterocycles. The summed E-state index contributed by atoms with van der Waals surface area (Å²) in [7, 11) is 0. The molecule has 0 unspecified atom stereocenters. The summed E-state index contributed by atoms with van der Waals surface area (Å²) in [6.07, 6.45) is 23.6. The van der Waals surface area contributed by atoms with Crippen molar-refractivity contribution in [1.82, 2.24) is 0 Å². The van der Waals surface area contributed by atoms with Crippen LogP contribution in [0, 0.1) is 6.42 Å². The maximum Gasteiger partial charge on any atom is -0.0351 e. The van der Waals surface area contributed by atoms with Crippen molar-refractivity contribution in [3.05, 3.63) is 18.6 Å². The van der Waals surface area contributed by atoms with Crippen LogP contribution in [0.15, 0.2) is 12.2 Å². The second-order valence-electron chi connectivity index (χ2n) is 5.07. The van der Waals surface area contributed by atoms with E-state index >= 15 is 0 Å². The molecule has 17 heavy (non-hydrogen) atoms. The summed E-state index contributed by atoms with van der Waals surface area (Å²) in [6, 6.07) is 0. The van der Waals surface area contributed by atoms with Gasteiger partial charge in [-0.25, -0.2) is 0 Å². The van der Waals surface area contributed by atoms with Gasteiger partial charge in [-0.05, 0) is 25.7 Å². The molecule has 0 bridgehead atoms. The molecule has 0 nitrogen and oxygen atoms in total. The molecule has 0 aromatic rings. The molecule has 0 rings (SSSR count). The Bertz CT molecular complexity index is 146. The maximum absolute atomic E-state index is 2.37. The van der Waals surface area contributed by atoms with Gasteiger partial charge >= 0.3 is 0 Å². The van der Waals surface area contributed by atoms with Gasteiger partial charge in [-0.3, -0.25) is 0 Å². The molecule has 101 valence electrons. The normalized spacial score (nSPS) is 11.4. The summed E-state index contributed by atoms with van der Waals surface area (Å²) in [5.41, 5.74) is 0. The molecule has 0 aromatic heterocycles. The highest BCUT2D eigenvalue weighted by molar-refractivity contribution is 4.80. The van der Waals surface area contributed by atoms with Crippen LogP contribution in [0.3, 0.4) is 0 Å². The van der Waals surface area contributed by atoms with Gasteiger partial charge in [-0.2, -0.15) is 0 Å². The van der Waals surface area contributed by atoms with Crippen molar-refractivity contribution in [3.8, 4) is 0 Å². The minimum atomic E-state index is 1.26. The number of allylic oxidation sites excluding steroid dienone is 2. The highest BCUT2D eigenvalue weighted by atomic mass is 14.0. The Balaban J connectivity index is 2.94. The summed E-state index contributed by atoms with van der Waals surface area (Å²) < 4.78 is 0. The molecule has 0 aliphatic rings. The zero-order chi connectivity index (χ0) is 12.6. The molecule has 0 atom stereocenters. The third-order valence-electron chi connectivity index (χ3n) is 3.24. The van der Waals surface area contributed by atoms with Crippen molar-refractivity contribution >= 4 is 0 Å². The number of hydrogen-bond donors (Lipinski definition) is 0. The van der Waals surface area contributed by atoms with Gasteiger partial charge < -0.3 is 0 Å². The first-order valence-electron chi connectivity index (χ1n) is 7.84. The molecule has 0 aromatic carbocycles. The fourth-order valence-electron chi connectivity index (χ4n) is 2.07. The van der Waals surface area contributed by atoms with Crippen LogP contribution in [0.4, 0.5) is 0 Å². The molecule has 0 heterocycles. The van der Waals surface area contributed by atoms with Crippen molar-refractivity contribution in [3.63, 3.8) is 0 Å². The molecule has 1 radical (unpaired) electrons. The number of unbranched alkanes of at least 4 members (excludes halogenated alkanes) is 11. The van der Waals surface area contributed by atoms with E-state index < -0.39 is 0 Å². The first kappa shape index (κ1) is 16.7. The van der Waals surface area contributed by atoms with Crippen molar-refractivity contribution in [2.75, 3.05) is 0 Å². The number of hydrogen-bond acceptors (Lipinski definition) is 0. The van der Waals surface area contributed by atoms with E-state index in [-0.39, 0.29) is 0 Å². The molecular formula is C17H33. The van der Waals surface area contributed by atoms with Crippen molar-refractivity contribution in [1.29, 1.82) is 0 Å². The predicted molar refractivity (Wildman–Crippen MR) is 80.2 cm³/mol.